The van der Waals surface area contributed by atoms with Crippen LogP contribution >= 0.6 is 0 Å². The quantitative estimate of drug-likeness (QED) is 0.832. The van der Waals surface area contributed by atoms with E-state index in [0.717, 1.165) is 37.7 Å². The van der Waals surface area contributed by atoms with Gasteiger partial charge in [0.05, 0.1) is 13.1 Å². The normalized spacial score (nSPS) is 12.7. The van der Waals surface area contributed by atoms with Crippen molar-refractivity contribution >= 4 is 0 Å². The summed E-state index contributed by atoms with van der Waals surface area (Å²) in [6, 6.07) is 2.16. The highest BCUT2D eigenvalue weighted by molar-refractivity contribution is 5.20. The highest BCUT2D eigenvalue weighted by Gasteiger charge is 2.13. The van der Waals surface area contributed by atoms with Crippen molar-refractivity contribution in [1.82, 2.24) is 15.1 Å². The molecule has 0 bridgehead atoms. The standard InChI is InChI=1S/C16H31N3O/c1-13-10-14(12-19(7)9-8-18(5)6)20-15(13)11-17-16(2,3)4/h10,17H,8-9,11-12H2,1-7H3. The summed E-state index contributed by atoms with van der Waals surface area (Å²) in [4.78, 5) is 4.49. The molecule has 0 radical (unpaired) electrons. The second kappa shape index (κ2) is 7.25. The minimum Gasteiger partial charge on any atom is -0.463 e. The van der Waals surface area contributed by atoms with E-state index in [-0.39, 0.29) is 5.54 Å². The Balaban J connectivity index is 2.52. The SMILES string of the molecule is Cc1cc(CN(C)CCN(C)C)oc1CNC(C)(C)C. The van der Waals surface area contributed by atoms with Crippen molar-refractivity contribution in [3.63, 3.8) is 0 Å². The first kappa shape index (κ1) is 17.2. The highest BCUT2D eigenvalue weighted by atomic mass is 16.3. The van der Waals surface area contributed by atoms with Crippen LogP contribution in [0.1, 0.15) is 37.9 Å². The Morgan fingerprint density at radius 2 is 1.80 bits per heavy atom. The summed E-state index contributed by atoms with van der Waals surface area (Å²) in [7, 11) is 6.33. The molecule has 0 atom stereocenters. The summed E-state index contributed by atoms with van der Waals surface area (Å²) in [6.07, 6.45) is 0. The van der Waals surface area contributed by atoms with Gasteiger partial charge >= 0.3 is 0 Å². The van der Waals surface area contributed by atoms with Gasteiger partial charge in [0, 0.05) is 18.6 Å². The van der Waals surface area contributed by atoms with E-state index >= 15 is 0 Å². The molecular formula is C16H31N3O. The fourth-order valence-corrected chi connectivity index (χ4v) is 1.90. The van der Waals surface area contributed by atoms with Gasteiger partial charge < -0.3 is 14.6 Å². The average Bonchev–Trinajstić information content (AvgIpc) is 2.63. The van der Waals surface area contributed by atoms with E-state index in [1.807, 2.05) is 0 Å². The molecule has 116 valence electrons. The molecule has 0 unspecified atom stereocenters. The van der Waals surface area contributed by atoms with Crippen LogP contribution in [-0.2, 0) is 13.1 Å². The maximum atomic E-state index is 5.97. The second-order valence-electron chi connectivity index (χ2n) is 6.96. The Morgan fingerprint density at radius 1 is 1.15 bits per heavy atom. The lowest BCUT2D eigenvalue weighted by Crippen LogP contribution is -2.35. The van der Waals surface area contributed by atoms with Crippen LogP contribution in [0.3, 0.4) is 0 Å². The van der Waals surface area contributed by atoms with E-state index in [0.29, 0.717) is 0 Å². The minimum absolute atomic E-state index is 0.113. The lowest BCUT2D eigenvalue weighted by molar-refractivity contribution is 0.254. The van der Waals surface area contributed by atoms with E-state index in [2.05, 4.69) is 70.0 Å². The van der Waals surface area contributed by atoms with Crippen molar-refractivity contribution in [2.75, 3.05) is 34.2 Å². The van der Waals surface area contributed by atoms with Crippen LogP contribution in [0.25, 0.3) is 0 Å². The summed E-state index contributed by atoms with van der Waals surface area (Å²) in [5.41, 5.74) is 1.35. The number of hydrogen-bond acceptors (Lipinski definition) is 4. The van der Waals surface area contributed by atoms with Crippen LogP contribution in [0.4, 0.5) is 0 Å². The molecule has 20 heavy (non-hydrogen) atoms. The molecule has 0 aromatic carbocycles. The van der Waals surface area contributed by atoms with Gasteiger partial charge in [-0.1, -0.05) is 0 Å². The lowest BCUT2D eigenvalue weighted by atomic mass is 10.1. The van der Waals surface area contributed by atoms with Crippen molar-refractivity contribution in [1.29, 1.82) is 0 Å². The third-order valence-electron chi connectivity index (χ3n) is 3.21. The number of furan rings is 1. The molecule has 4 heteroatoms. The first-order chi connectivity index (χ1) is 9.17. The Labute approximate surface area is 124 Å². The molecule has 1 rings (SSSR count). The predicted octanol–water partition coefficient (Wildman–Crippen LogP) is 2.47. The van der Waals surface area contributed by atoms with E-state index in [9.17, 15) is 0 Å². The third kappa shape index (κ3) is 6.55. The Bertz CT molecular complexity index is 404. The van der Waals surface area contributed by atoms with Crippen LogP contribution < -0.4 is 5.32 Å². The third-order valence-corrected chi connectivity index (χ3v) is 3.21. The summed E-state index contributed by atoms with van der Waals surface area (Å²) in [5.74, 6) is 2.10. The molecule has 0 saturated carbocycles. The Kier molecular flexibility index (Phi) is 6.24. The Morgan fingerprint density at radius 3 is 2.35 bits per heavy atom. The van der Waals surface area contributed by atoms with Crippen LogP contribution in [0.5, 0.6) is 0 Å². The maximum absolute atomic E-state index is 5.97. The highest BCUT2D eigenvalue weighted by Crippen LogP contribution is 2.17. The molecule has 1 aromatic rings. The molecule has 0 aliphatic carbocycles. The van der Waals surface area contributed by atoms with Crippen LogP contribution in [-0.4, -0.2) is 49.6 Å². The zero-order valence-electron chi connectivity index (χ0n) is 14.2. The summed E-state index contributed by atoms with van der Waals surface area (Å²) < 4.78 is 5.97. The molecule has 1 aromatic heterocycles. The molecule has 0 fully saturated rings. The van der Waals surface area contributed by atoms with Gasteiger partial charge in [-0.2, -0.15) is 0 Å². The first-order valence-electron chi connectivity index (χ1n) is 7.34. The predicted molar refractivity (Wildman–Crippen MR) is 84.9 cm³/mol. The summed E-state index contributed by atoms with van der Waals surface area (Å²) in [5, 5.41) is 3.47. The topological polar surface area (TPSA) is 31.6 Å². The van der Waals surface area contributed by atoms with E-state index in [1.54, 1.807) is 0 Å². The van der Waals surface area contributed by atoms with Gasteiger partial charge in [-0.25, -0.2) is 0 Å². The molecule has 0 aliphatic rings. The van der Waals surface area contributed by atoms with E-state index in [1.165, 1.54) is 5.56 Å². The summed E-state index contributed by atoms with van der Waals surface area (Å²) in [6.45, 7) is 12.4. The lowest BCUT2D eigenvalue weighted by Gasteiger charge is -2.20. The molecule has 0 spiro atoms. The smallest absolute Gasteiger partial charge is 0.120 e. The zero-order valence-corrected chi connectivity index (χ0v) is 14.2. The number of hydrogen-bond donors (Lipinski definition) is 1. The number of nitrogens with one attached hydrogen (secondary N) is 1. The molecule has 0 aliphatic heterocycles. The van der Waals surface area contributed by atoms with Crippen molar-refractivity contribution in [2.24, 2.45) is 0 Å². The van der Waals surface area contributed by atoms with Gasteiger partial charge in [0.2, 0.25) is 0 Å². The van der Waals surface area contributed by atoms with Gasteiger partial charge in [-0.3, -0.25) is 4.90 Å². The van der Waals surface area contributed by atoms with Gasteiger partial charge in [-0.15, -0.1) is 0 Å². The van der Waals surface area contributed by atoms with Gasteiger partial charge in [-0.05, 0) is 60.5 Å². The van der Waals surface area contributed by atoms with Crippen molar-refractivity contribution in [3.8, 4) is 0 Å². The van der Waals surface area contributed by atoms with Crippen molar-refractivity contribution < 1.29 is 4.42 Å². The largest absolute Gasteiger partial charge is 0.463 e. The monoisotopic (exact) mass is 281 g/mol. The number of likely N-dealkylation sites (N-methyl/N-ethyl adjacent to an activating group) is 2. The Hall–Kier alpha value is -0.840. The number of aryl methyl sites for hydroxylation is 1. The molecule has 0 saturated heterocycles. The number of rotatable bonds is 7. The van der Waals surface area contributed by atoms with Gasteiger partial charge in [0.15, 0.2) is 0 Å². The van der Waals surface area contributed by atoms with Crippen LogP contribution in [0, 0.1) is 6.92 Å². The minimum atomic E-state index is 0.113. The van der Waals surface area contributed by atoms with Crippen LogP contribution in [0.2, 0.25) is 0 Å². The molecule has 0 amide bonds. The molecule has 1 heterocycles. The maximum Gasteiger partial charge on any atom is 0.120 e. The van der Waals surface area contributed by atoms with Crippen molar-refractivity contribution in [2.45, 2.75) is 46.3 Å². The van der Waals surface area contributed by atoms with E-state index in [4.69, 9.17) is 4.42 Å². The van der Waals surface area contributed by atoms with E-state index < -0.39 is 0 Å². The molecular weight excluding hydrogens is 250 g/mol. The van der Waals surface area contributed by atoms with Gasteiger partial charge in [0.1, 0.15) is 11.5 Å². The molecule has 1 N–H and O–H groups in total. The fourth-order valence-electron chi connectivity index (χ4n) is 1.90. The summed E-state index contributed by atoms with van der Waals surface area (Å²) >= 11 is 0. The first-order valence-corrected chi connectivity index (χ1v) is 7.34. The molecule has 4 nitrogen and oxygen atoms in total. The second-order valence-corrected chi connectivity index (χ2v) is 6.96. The zero-order chi connectivity index (χ0) is 15.3. The van der Waals surface area contributed by atoms with Gasteiger partial charge in [0.25, 0.3) is 0 Å². The van der Waals surface area contributed by atoms with Crippen molar-refractivity contribution in [3.05, 3.63) is 23.2 Å². The number of nitrogens with zero attached hydrogens (tertiary/aromatic N) is 2. The average molecular weight is 281 g/mol. The fraction of sp³-hybridized carbons (Fsp3) is 0.750. The van der Waals surface area contributed by atoms with Crippen LogP contribution in [0.15, 0.2) is 10.5 Å².